The number of rotatable bonds is 5. The van der Waals surface area contributed by atoms with Gasteiger partial charge in [-0.2, -0.15) is 0 Å². The highest BCUT2D eigenvalue weighted by Gasteiger charge is 2.44. The first-order valence-corrected chi connectivity index (χ1v) is 9.08. The van der Waals surface area contributed by atoms with Crippen molar-refractivity contribution in [2.45, 2.75) is 102 Å². The van der Waals surface area contributed by atoms with Crippen LogP contribution in [0, 0.1) is 0 Å². The van der Waals surface area contributed by atoms with Gasteiger partial charge in [0.2, 0.25) is 0 Å². The Morgan fingerprint density at radius 1 is 1.22 bits per heavy atom. The summed E-state index contributed by atoms with van der Waals surface area (Å²) in [7, 11) is 0. The topological polar surface area (TPSA) is 61.8 Å². The van der Waals surface area contributed by atoms with Crippen LogP contribution in [0.15, 0.2) is 0 Å². The van der Waals surface area contributed by atoms with E-state index in [1.54, 1.807) is 0 Å². The van der Waals surface area contributed by atoms with Crippen LogP contribution in [0.5, 0.6) is 0 Å². The number of hydrogen-bond donors (Lipinski definition) is 2. The van der Waals surface area contributed by atoms with Crippen LogP contribution in [0.2, 0.25) is 0 Å². The fraction of sp³-hybridized carbons (Fsp3) is 0.944. The molecule has 2 saturated heterocycles. The lowest BCUT2D eigenvalue weighted by Crippen LogP contribution is -2.54. The fourth-order valence-electron chi connectivity index (χ4n) is 3.95. The van der Waals surface area contributed by atoms with Gasteiger partial charge in [0.15, 0.2) is 0 Å². The van der Waals surface area contributed by atoms with Gasteiger partial charge in [-0.25, -0.2) is 4.79 Å². The minimum absolute atomic E-state index is 0.165. The maximum Gasteiger partial charge on any atom is 0.410 e. The standard InChI is InChI=1S/C18H34N2O3/c1-6-9-18(5,22)12-19-13-10-14-7-8-15(11-13)20(14)16(21)23-17(2,3)4/h13-15,19,22H,6-12H2,1-5H3. The Kier molecular flexibility index (Phi) is 5.62. The van der Waals surface area contributed by atoms with E-state index in [1.807, 2.05) is 32.6 Å². The van der Waals surface area contributed by atoms with Crippen LogP contribution >= 0.6 is 0 Å². The minimum Gasteiger partial charge on any atom is -0.444 e. The molecule has 0 radical (unpaired) electrons. The summed E-state index contributed by atoms with van der Waals surface area (Å²) in [4.78, 5) is 14.4. The van der Waals surface area contributed by atoms with Gasteiger partial charge in [-0.1, -0.05) is 13.3 Å². The SMILES string of the molecule is CCCC(C)(O)CNC1CC2CCC(C1)N2C(=O)OC(C)(C)C. The third-order valence-corrected chi connectivity index (χ3v) is 4.90. The largest absolute Gasteiger partial charge is 0.444 e. The lowest BCUT2D eigenvalue weighted by molar-refractivity contribution is 0.00166. The van der Waals surface area contributed by atoms with Crippen LogP contribution in [-0.4, -0.2) is 52.0 Å². The first kappa shape index (κ1) is 18.5. The number of nitrogens with zero attached hydrogens (tertiary/aromatic N) is 1. The molecule has 2 fully saturated rings. The third kappa shape index (κ3) is 5.08. The Balaban J connectivity index is 1.88. The van der Waals surface area contributed by atoms with Crippen LogP contribution < -0.4 is 5.32 Å². The molecule has 0 saturated carbocycles. The second kappa shape index (κ2) is 6.98. The van der Waals surface area contributed by atoms with Crippen molar-refractivity contribution in [3.63, 3.8) is 0 Å². The molecular weight excluding hydrogens is 292 g/mol. The number of aliphatic hydroxyl groups is 1. The molecule has 5 nitrogen and oxygen atoms in total. The molecule has 2 aliphatic heterocycles. The van der Waals surface area contributed by atoms with E-state index < -0.39 is 11.2 Å². The number of nitrogens with one attached hydrogen (secondary N) is 1. The molecule has 0 aromatic heterocycles. The monoisotopic (exact) mass is 326 g/mol. The lowest BCUT2D eigenvalue weighted by Gasteiger charge is -2.40. The number of ether oxygens (including phenoxy) is 1. The van der Waals surface area contributed by atoms with Gasteiger partial charge < -0.3 is 20.1 Å². The zero-order valence-electron chi connectivity index (χ0n) is 15.4. The second-order valence-electron chi connectivity index (χ2n) is 8.57. The summed E-state index contributed by atoms with van der Waals surface area (Å²) in [5.74, 6) is 0. The van der Waals surface area contributed by atoms with Gasteiger partial charge in [0.05, 0.1) is 5.60 Å². The molecule has 0 aromatic carbocycles. The predicted octanol–water partition coefficient (Wildman–Crippen LogP) is 3.06. The second-order valence-corrected chi connectivity index (χ2v) is 8.57. The summed E-state index contributed by atoms with van der Waals surface area (Å²) in [6.45, 7) is 10.4. The number of fused-ring (bicyclic) bond motifs is 2. The minimum atomic E-state index is -0.643. The van der Waals surface area contributed by atoms with Gasteiger partial charge in [0, 0.05) is 24.7 Å². The van der Waals surface area contributed by atoms with E-state index in [-0.39, 0.29) is 18.2 Å². The van der Waals surface area contributed by atoms with E-state index in [0.29, 0.717) is 12.6 Å². The highest BCUT2D eigenvalue weighted by atomic mass is 16.6. The molecule has 2 heterocycles. The average Bonchev–Trinajstić information content (AvgIpc) is 2.66. The van der Waals surface area contributed by atoms with E-state index >= 15 is 0 Å². The van der Waals surface area contributed by atoms with Gasteiger partial charge in [0.1, 0.15) is 5.60 Å². The van der Waals surface area contributed by atoms with E-state index in [0.717, 1.165) is 38.5 Å². The van der Waals surface area contributed by atoms with Crippen LogP contribution in [-0.2, 0) is 4.74 Å². The molecule has 2 rings (SSSR count). The first-order chi connectivity index (χ1) is 10.6. The average molecular weight is 326 g/mol. The molecular formula is C18H34N2O3. The van der Waals surface area contributed by atoms with Crippen LogP contribution in [0.3, 0.4) is 0 Å². The highest BCUT2D eigenvalue weighted by molar-refractivity contribution is 5.69. The molecule has 3 atom stereocenters. The molecule has 5 heteroatoms. The summed E-state index contributed by atoms with van der Waals surface area (Å²) >= 11 is 0. The molecule has 23 heavy (non-hydrogen) atoms. The molecule has 134 valence electrons. The van der Waals surface area contributed by atoms with E-state index in [9.17, 15) is 9.90 Å². The molecule has 2 aliphatic rings. The van der Waals surface area contributed by atoms with Crippen molar-refractivity contribution in [1.29, 1.82) is 0 Å². The Morgan fingerprint density at radius 2 is 1.78 bits per heavy atom. The maximum absolute atomic E-state index is 12.4. The number of carbonyl (C=O) groups is 1. The highest BCUT2D eigenvalue weighted by Crippen LogP contribution is 2.37. The Labute approximate surface area is 140 Å². The molecule has 0 aliphatic carbocycles. The zero-order chi connectivity index (χ0) is 17.3. The van der Waals surface area contributed by atoms with Crippen molar-refractivity contribution in [3.8, 4) is 0 Å². The summed E-state index contributed by atoms with van der Waals surface area (Å²) in [6.07, 6.45) is 5.67. The summed E-state index contributed by atoms with van der Waals surface area (Å²) < 4.78 is 5.57. The van der Waals surface area contributed by atoms with Crippen LogP contribution in [0.1, 0.15) is 73.1 Å². The number of piperidine rings is 1. The predicted molar refractivity (Wildman–Crippen MR) is 91.4 cm³/mol. The third-order valence-electron chi connectivity index (χ3n) is 4.90. The van der Waals surface area contributed by atoms with Gasteiger partial charge in [0.25, 0.3) is 0 Å². The van der Waals surface area contributed by atoms with Crippen molar-refractivity contribution in [1.82, 2.24) is 10.2 Å². The van der Waals surface area contributed by atoms with Gasteiger partial charge in [-0.15, -0.1) is 0 Å². The molecule has 1 amide bonds. The summed E-state index contributed by atoms with van der Waals surface area (Å²) in [6, 6.07) is 0.934. The van der Waals surface area contributed by atoms with Crippen molar-refractivity contribution in [2.24, 2.45) is 0 Å². The zero-order valence-corrected chi connectivity index (χ0v) is 15.4. The lowest BCUT2D eigenvalue weighted by atomic mass is 9.95. The molecule has 3 unspecified atom stereocenters. The first-order valence-electron chi connectivity index (χ1n) is 9.08. The number of amides is 1. The maximum atomic E-state index is 12.4. The van der Waals surface area contributed by atoms with Crippen LogP contribution in [0.4, 0.5) is 4.79 Å². The normalized spacial score (nSPS) is 30.2. The van der Waals surface area contributed by atoms with Crippen molar-refractivity contribution in [2.75, 3.05) is 6.54 Å². The smallest absolute Gasteiger partial charge is 0.410 e. The quantitative estimate of drug-likeness (QED) is 0.815. The molecule has 2 N–H and O–H groups in total. The summed E-state index contributed by atoms with van der Waals surface area (Å²) in [5, 5.41) is 13.8. The van der Waals surface area contributed by atoms with E-state index in [1.165, 1.54) is 0 Å². The van der Waals surface area contributed by atoms with Gasteiger partial charge in [-0.3, -0.25) is 0 Å². The van der Waals surface area contributed by atoms with E-state index in [4.69, 9.17) is 4.74 Å². The van der Waals surface area contributed by atoms with E-state index in [2.05, 4.69) is 12.2 Å². The summed E-state index contributed by atoms with van der Waals surface area (Å²) in [5.41, 5.74) is -1.08. The Bertz CT molecular complexity index is 403. The Morgan fingerprint density at radius 3 is 2.26 bits per heavy atom. The number of hydrogen-bond acceptors (Lipinski definition) is 4. The fourth-order valence-corrected chi connectivity index (χ4v) is 3.95. The van der Waals surface area contributed by atoms with Crippen LogP contribution in [0.25, 0.3) is 0 Å². The Hall–Kier alpha value is -0.810. The molecule has 0 aromatic rings. The number of carbonyl (C=O) groups excluding carboxylic acids is 1. The van der Waals surface area contributed by atoms with Crippen molar-refractivity contribution >= 4 is 6.09 Å². The van der Waals surface area contributed by atoms with Crippen molar-refractivity contribution < 1.29 is 14.6 Å². The van der Waals surface area contributed by atoms with Gasteiger partial charge >= 0.3 is 6.09 Å². The van der Waals surface area contributed by atoms with Gasteiger partial charge in [-0.05, 0) is 59.8 Å². The molecule has 0 spiro atoms. The molecule has 2 bridgehead atoms. The van der Waals surface area contributed by atoms with Crippen molar-refractivity contribution in [3.05, 3.63) is 0 Å².